The molecule has 2 aliphatic heterocycles. The van der Waals surface area contributed by atoms with Crippen molar-refractivity contribution in [2.75, 3.05) is 26.2 Å². The van der Waals surface area contributed by atoms with Crippen molar-refractivity contribution in [2.45, 2.75) is 29.7 Å². The molecule has 0 aliphatic carbocycles. The molecule has 2 aliphatic rings. The van der Waals surface area contributed by atoms with Crippen molar-refractivity contribution in [2.24, 2.45) is 0 Å². The topological polar surface area (TPSA) is 40.6 Å². The fraction of sp³-hybridized carbons (Fsp3) is 0.571. The highest BCUT2D eigenvalue weighted by molar-refractivity contribution is 7.89. The predicted octanol–water partition coefficient (Wildman–Crippen LogP) is 1.89. The standard InChI is InChI=1S/C14H19ClN2O2S/c15-10-12-4-1-2-6-14(12)20(18,19)17-9-8-16-7-3-5-13(16)11-17/h1-2,4,6,13H,3,5,7-11H2. The highest BCUT2D eigenvalue weighted by atomic mass is 35.5. The van der Waals surface area contributed by atoms with Gasteiger partial charge in [0.2, 0.25) is 10.0 Å². The third-order valence-corrected chi connectivity index (χ3v) is 6.54. The molecule has 20 heavy (non-hydrogen) atoms. The van der Waals surface area contributed by atoms with E-state index in [1.165, 1.54) is 6.42 Å². The van der Waals surface area contributed by atoms with Crippen LogP contribution >= 0.6 is 11.6 Å². The van der Waals surface area contributed by atoms with E-state index >= 15 is 0 Å². The lowest BCUT2D eigenvalue weighted by Crippen LogP contribution is -2.52. The summed E-state index contributed by atoms with van der Waals surface area (Å²) in [5.41, 5.74) is 0.683. The average Bonchev–Trinajstić information content (AvgIpc) is 2.94. The molecule has 0 radical (unpaired) electrons. The third kappa shape index (κ3) is 2.48. The first kappa shape index (κ1) is 14.3. The quantitative estimate of drug-likeness (QED) is 0.800. The summed E-state index contributed by atoms with van der Waals surface area (Å²) in [7, 11) is -3.42. The molecular formula is C14H19ClN2O2S. The summed E-state index contributed by atoms with van der Waals surface area (Å²) >= 11 is 5.87. The lowest BCUT2D eigenvalue weighted by Gasteiger charge is -2.36. The summed E-state index contributed by atoms with van der Waals surface area (Å²) in [5, 5.41) is 0. The van der Waals surface area contributed by atoms with Gasteiger partial charge in [0.25, 0.3) is 0 Å². The van der Waals surface area contributed by atoms with Crippen LogP contribution in [0.5, 0.6) is 0 Å². The Bertz CT molecular complexity index is 591. The van der Waals surface area contributed by atoms with Gasteiger partial charge in [-0.1, -0.05) is 18.2 Å². The Hall–Kier alpha value is -0.620. The first-order valence-electron chi connectivity index (χ1n) is 7.01. The molecule has 1 atom stereocenters. The Balaban J connectivity index is 1.88. The lowest BCUT2D eigenvalue weighted by molar-refractivity contribution is 0.158. The van der Waals surface area contributed by atoms with Crippen LogP contribution in [0.4, 0.5) is 0 Å². The van der Waals surface area contributed by atoms with E-state index < -0.39 is 10.0 Å². The molecule has 0 spiro atoms. The van der Waals surface area contributed by atoms with Crippen LogP contribution in [0.15, 0.2) is 29.2 Å². The maximum absolute atomic E-state index is 12.8. The number of rotatable bonds is 3. The Labute approximate surface area is 125 Å². The predicted molar refractivity (Wildman–Crippen MR) is 79.4 cm³/mol. The molecule has 1 aromatic rings. The largest absolute Gasteiger partial charge is 0.298 e. The minimum atomic E-state index is -3.42. The van der Waals surface area contributed by atoms with Gasteiger partial charge in [-0.15, -0.1) is 11.6 Å². The first-order chi connectivity index (χ1) is 9.63. The monoisotopic (exact) mass is 314 g/mol. The minimum Gasteiger partial charge on any atom is -0.298 e. The lowest BCUT2D eigenvalue weighted by atomic mass is 10.2. The molecule has 0 bridgehead atoms. The average molecular weight is 315 g/mol. The summed E-state index contributed by atoms with van der Waals surface area (Å²) in [6.07, 6.45) is 2.28. The molecule has 3 rings (SSSR count). The maximum Gasteiger partial charge on any atom is 0.243 e. The second-order valence-electron chi connectivity index (χ2n) is 5.44. The highest BCUT2D eigenvalue weighted by Gasteiger charge is 2.36. The molecule has 110 valence electrons. The van der Waals surface area contributed by atoms with E-state index in [0.29, 0.717) is 29.6 Å². The number of sulfonamides is 1. The van der Waals surface area contributed by atoms with Crippen LogP contribution in [0, 0.1) is 0 Å². The van der Waals surface area contributed by atoms with E-state index in [2.05, 4.69) is 4.90 Å². The number of hydrogen-bond acceptors (Lipinski definition) is 3. The van der Waals surface area contributed by atoms with E-state index in [0.717, 1.165) is 19.5 Å². The summed E-state index contributed by atoms with van der Waals surface area (Å²) < 4.78 is 27.2. The first-order valence-corrected chi connectivity index (χ1v) is 8.98. The molecule has 4 nitrogen and oxygen atoms in total. The van der Waals surface area contributed by atoms with E-state index in [1.807, 2.05) is 6.07 Å². The molecule has 0 saturated carbocycles. The van der Waals surface area contributed by atoms with Crippen LogP contribution in [0.3, 0.4) is 0 Å². The van der Waals surface area contributed by atoms with E-state index in [1.54, 1.807) is 22.5 Å². The van der Waals surface area contributed by atoms with Gasteiger partial charge in [-0.2, -0.15) is 4.31 Å². The number of piperazine rings is 1. The van der Waals surface area contributed by atoms with Crippen LogP contribution < -0.4 is 0 Å². The van der Waals surface area contributed by atoms with Gasteiger partial charge < -0.3 is 0 Å². The van der Waals surface area contributed by atoms with Crippen LogP contribution in [0.2, 0.25) is 0 Å². The second kappa shape index (κ2) is 5.64. The third-order valence-electron chi connectivity index (χ3n) is 4.28. The molecule has 6 heteroatoms. The number of benzene rings is 1. The molecule has 0 N–H and O–H groups in total. The summed E-state index contributed by atoms with van der Waals surface area (Å²) in [4.78, 5) is 2.76. The van der Waals surface area contributed by atoms with Crippen molar-refractivity contribution in [3.8, 4) is 0 Å². The summed E-state index contributed by atoms with van der Waals surface area (Å²) in [6, 6.07) is 7.42. The molecule has 2 saturated heterocycles. The molecule has 1 unspecified atom stereocenters. The fourth-order valence-corrected chi connectivity index (χ4v) is 5.19. The fourth-order valence-electron chi connectivity index (χ4n) is 3.19. The number of alkyl halides is 1. The smallest absolute Gasteiger partial charge is 0.243 e. The van der Waals surface area contributed by atoms with Crippen molar-refractivity contribution in [3.05, 3.63) is 29.8 Å². The van der Waals surface area contributed by atoms with Crippen LogP contribution in [0.1, 0.15) is 18.4 Å². The molecule has 0 amide bonds. The maximum atomic E-state index is 12.8. The zero-order valence-electron chi connectivity index (χ0n) is 11.3. The zero-order valence-corrected chi connectivity index (χ0v) is 12.9. The molecule has 0 aromatic heterocycles. The second-order valence-corrected chi connectivity index (χ2v) is 7.61. The SMILES string of the molecule is O=S(=O)(c1ccccc1CCl)N1CCN2CCCC2C1. The highest BCUT2D eigenvalue weighted by Crippen LogP contribution is 2.27. The van der Waals surface area contributed by atoms with Gasteiger partial charge in [0, 0.05) is 31.6 Å². The number of nitrogens with zero attached hydrogens (tertiary/aromatic N) is 2. The minimum absolute atomic E-state index is 0.221. The van der Waals surface area contributed by atoms with Crippen molar-refractivity contribution in [1.29, 1.82) is 0 Å². The van der Waals surface area contributed by atoms with Gasteiger partial charge in [-0.05, 0) is 31.0 Å². The Morgan fingerprint density at radius 1 is 1.20 bits per heavy atom. The molecular weight excluding hydrogens is 296 g/mol. The zero-order chi connectivity index (χ0) is 14.2. The Kier molecular flexibility index (Phi) is 4.04. The van der Waals surface area contributed by atoms with Gasteiger partial charge in [0.15, 0.2) is 0 Å². The van der Waals surface area contributed by atoms with Crippen molar-refractivity contribution in [1.82, 2.24) is 9.21 Å². The summed E-state index contributed by atoms with van der Waals surface area (Å²) in [6.45, 7) is 3.14. The van der Waals surface area contributed by atoms with Crippen molar-refractivity contribution >= 4 is 21.6 Å². The van der Waals surface area contributed by atoms with Crippen LogP contribution in [-0.4, -0.2) is 49.8 Å². The molecule has 2 heterocycles. The van der Waals surface area contributed by atoms with Gasteiger partial charge >= 0.3 is 0 Å². The van der Waals surface area contributed by atoms with Crippen molar-refractivity contribution in [3.63, 3.8) is 0 Å². The summed E-state index contributed by atoms with van der Waals surface area (Å²) in [5.74, 6) is 0.221. The van der Waals surface area contributed by atoms with Gasteiger partial charge in [-0.25, -0.2) is 8.42 Å². The van der Waals surface area contributed by atoms with E-state index in [4.69, 9.17) is 11.6 Å². The van der Waals surface area contributed by atoms with Crippen molar-refractivity contribution < 1.29 is 8.42 Å². The number of fused-ring (bicyclic) bond motifs is 1. The number of halogens is 1. The normalized spacial score (nSPS) is 24.8. The number of hydrogen-bond donors (Lipinski definition) is 0. The van der Waals surface area contributed by atoms with Gasteiger partial charge in [0.05, 0.1) is 4.90 Å². The Morgan fingerprint density at radius 3 is 2.80 bits per heavy atom. The van der Waals surface area contributed by atoms with E-state index in [-0.39, 0.29) is 5.88 Å². The van der Waals surface area contributed by atoms with E-state index in [9.17, 15) is 8.42 Å². The van der Waals surface area contributed by atoms with Gasteiger partial charge in [0.1, 0.15) is 0 Å². The molecule has 1 aromatic carbocycles. The van der Waals surface area contributed by atoms with Crippen LogP contribution in [-0.2, 0) is 15.9 Å². The Morgan fingerprint density at radius 2 is 2.00 bits per heavy atom. The van der Waals surface area contributed by atoms with Gasteiger partial charge in [-0.3, -0.25) is 4.90 Å². The van der Waals surface area contributed by atoms with Crippen LogP contribution in [0.25, 0.3) is 0 Å². The molecule has 2 fully saturated rings.